The first kappa shape index (κ1) is 30.9. The van der Waals surface area contributed by atoms with E-state index in [4.69, 9.17) is 4.74 Å². The zero-order valence-electron chi connectivity index (χ0n) is 26.2. The second-order valence-corrected chi connectivity index (χ2v) is 13.6. The molecule has 246 valence electrons. The number of fused-ring (bicyclic) bond motifs is 4. The van der Waals surface area contributed by atoms with Gasteiger partial charge in [0.2, 0.25) is 11.5 Å². The normalized spacial score (nSPS) is 19.9. The number of pyridine rings is 1. The fourth-order valence-electron chi connectivity index (χ4n) is 6.67. The van der Waals surface area contributed by atoms with Crippen molar-refractivity contribution in [3.8, 4) is 5.82 Å². The maximum atomic E-state index is 13.9. The monoisotopic (exact) mass is 649 g/mol. The Morgan fingerprint density at radius 3 is 2.57 bits per heavy atom. The maximum Gasteiger partial charge on any atom is 0.423 e. The van der Waals surface area contributed by atoms with Crippen molar-refractivity contribution < 1.29 is 27.8 Å². The largest absolute Gasteiger partial charge is 0.444 e. The Bertz CT molecular complexity index is 2010. The number of hydrogen-bond acceptors (Lipinski definition) is 8. The maximum absolute atomic E-state index is 13.9. The zero-order chi connectivity index (χ0) is 33.5. The predicted octanol–water partition coefficient (Wildman–Crippen LogP) is 5.39. The molecule has 4 aromatic rings. The first-order valence-corrected chi connectivity index (χ1v) is 15.4. The quantitative estimate of drug-likeness (QED) is 0.276. The molecule has 11 nitrogen and oxygen atoms in total. The Morgan fingerprint density at radius 1 is 1.13 bits per heavy atom. The fourth-order valence-corrected chi connectivity index (χ4v) is 6.67. The molecule has 1 saturated carbocycles. The number of alkyl halides is 3. The average Bonchev–Trinajstić information content (AvgIpc) is 3.60. The molecule has 3 aliphatic rings. The number of aromatic nitrogens is 5. The summed E-state index contributed by atoms with van der Waals surface area (Å²) in [5.41, 5.74) is -1.57. The van der Waals surface area contributed by atoms with Gasteiger partial charge in [0.15, 0.2) is 11.5 Å². The van der Waals surface area contributed by atoms with Crippen LogP contribution in [0.4, 0.5) is 29.6 Å². The minimum Gasteiger partial charge on any atom is -0.444 e. The Labute approximate surface area is 267 Å². The van der Waals surface area contributed by atoms with E-state index in [1.165, 1.54) is 39.3 Å². The lowest BCUT2D eigenvalue weighted by molar-refractivity contribution is -0.266. The van der Waals surface area contributed by atoms with E-state index in [0.29, 0.717) is 18.8 Å². The van der Waals surface area contributed by atoms with E-state index in [0.717, 1.165) is 18.4 Å². The summed E-state index contributed by atoms with van der Waals surface area (Å²) in [5.74, 6) is 0.119. The number of hydrogen-bond donors (Lipinski definition) is 2. The van der Waals surface area contributed by atoms with Crippen LogP contribution in [0.1, 0.15) is 62.4 Å². The summed E-state index contributed by atoms with van der Waals surface area (Å²) in [4.78, 5) is 41.3. The molecular formula is C33H34F3N7O4. The summed E-state index contributed by atoms with van der Waals surface area (Å²) < 4.78 is 50.0. The zero-order valence-corrected chi connectivity index (χ0v) is 26.2. The fraction of sp³-hybridized carbons (Fsp3) is 0.424. The van der Waals surface area contributed by atoms with E-state index < -0.39 is 35.1 Å². The number of carbonyl (C=O) groups is 1. The van der Waals surface area contributed by atoms with Crippen LogP contribution in [0.3, 0.4) is 0 Å². The van der Waals surface area contributed by atoms with Crippen LogP contribution in [0.15, 0.2) is 54.0 Å². The van der Waals surface area contributed by atoms with Crippen LogP contribution >= 0.6 is 0 Å². The number of aliphatic hydroxyl groups is 1. The van der Waals surface area contributed by atoms with E-state index in [1.807, 2.05) is 39.0 Å². The van der Waals surface area contributed by atoms with Crippen LogP contribution in [0, 0.1) is 0 Å². The number of benzene rings is 1. The summed E-state index contributed by atoms with van der Waals surface area (Å²) in [6.07, 6.45) is -1.05. The molecule has 47 heavy (non-hydrogen) atoms. The molecule has 7 rings (SSSR count). The lowest BCUT2D eigenvalue weighted by atomic mass is 9.87. The van der Waals surface area contributed by atoms with E-state index >= 15 is 0 Å². The Balaban J connectivity index is 1.26. The van der Waals surface area contributed by atoms with Crippen LogP contribution in [0.25, 0.3) is 16.9 Å². The summed E-state index contributed by atoms with van der Waals surface area (Å²) in [7, 11) is 0. The number of anilines is 2. The summed E-state index contributed by atoms with van der Waals surface area (Å²) in [6.45, 7) is 10.2. The number of rotatable bonds is 5. The highest BCUT2D eigenvalue weighted by Gasteiger charge is 2.59. The number of ether oxygens (including phenoxy) is 1. The molecule has 4 heterocycles. The Hall–Kier alpha value is -4.72. The SMILES string of the molecule is C=CCn1c(=O)c2cnc(Nc3ccc4c(c3)CN(C(=O)OC(C)(C)C)CC43CC3)nc2n1-c1ccc2c(n1)[C@@](O)(C(F)(F)F)CC2. The second-order valence-electron chi connectivity index (χ2n) is 13.6. The molecule has 0 bridgehead atoms. The molecule has 2 aliphatic carbocycles. The first-order chi connectivity index (χ1) is 22.1. The smallest absolute Gasteiger partial charge is 0.423 e. The molecule has 1 atom stereocenters. The van der Waals surface area contributed by atoms with Crippen molar-refractivity contribution in [2.45, 2.75) is 82.3 Å². The molecule has 1 spiro atoms. The van der Waals surface area contributed by atoms with Gasteiger partial charge in [0.25, 0.3) is 5.56 Å². The van der Waals surface area contributed by atoms with Gasteiger partial charge >= 0.3 is 12.3 Å². The van der Waals surface area contributed by atoms with Crippen LogP contribution in [-0.2, 0) is 35.3 Å². The highest BCUT2D eigenvalue weighted by molar-refractivity contribution is 5.77. The van der Waals surface area contributed by atoms with Crippen molar-refractivity contribution in [3.63, 3.8) is 0 Å². The number of nitrogens with one attached hydrogen (secondary N) is 1. The Morgan fingerprint density at radius 2 is 1.89 bits per heavy atom. The molecule has 3 aromatic heterocycles. The standard InChI is InChI=1S/C33H34F3N7O4/c1-5-14-42-27(44)22-16-37-28(40-26(22)43(42)24-9-6-19-10-11-32(46,25(19)39-24)33(34,35)36)38-21-7-8-23-20(15-21)17-41(18-31(23)12-13-31)29(45)47-30(2,3)4/h5-9,15-16,46H,1,10-14,17-18H2,2-4H3,(H,37,38,40)/t32-/m1/s1. The lowest BCUT2D eigenvalue weighted by Gasteiger charge is -2.36. The van der Waals surface area contributed by atoms with Gasteiger partial charge < -0.3 is 20.1 Å². The Kier molecular flexibility index (Phi) is 6.83. The van der Waals surface area contributed by atoms with Gasteiger partial charge in [-0.3, -0.25) is 4.79 Å². The first-order valence-electron chi connectivity index (χ1n) is 15.4. The number of amides is 1. The molecule has 1 amide bonds. The van der Waals surface area contributed by atoms with Gasteiger partial charge in [-0.1, -0.05) is 18.2 Å². The predicted molar refractivity (Wildman–Crippen MR) is 167 cm³/mol. The third-order valence-electron chi connectivity index (χ3n) is 9.07. The van der Waals surface area contributed by atoms with E-state index in [1.54, 1.807) is 4.90 Å². The van der Waals surface area contributed by atoms with Crippen molar-refractivity contribution >= 4 is 28.8 Å². The van der Waals surface area contributed by atoms with E-state index in [9.17, 15) is 27.9 Å². The number of halogens is 3. The third-order valence-corrected chi connectivity index (χ3v) is 9.07. The highest BCUT2D eigenvalue weighted by Crippen LogP contribution is 2.53. The van der Waals surface area contributed by atoms with Crippen LogP contribution in [0.5, 0.6) is 0 Å². The molecule has 1 aliphatic heterocycles. The van der Waals surface area contributed by atoms with Gasteiger partial charge in [0, 0.05) is 30.4 Å². The number of carbonyl (C=O) groups excluding carboxylic acids is 1. The van der Waals surface area contributed by atoms with Gasteiger partial charge in [-0.05, 0) is 81.3 Å². The van der Waals surface area contributed by atoms with Gasteiger partial charge in [0.05, 0.1) is 12.2 Å². The molecule has 1 fully saturated rings. The lowest BCUT2D eigenvalue weighted by Crippen LogP contribution is -2.44. The topological polar surface area (TPSA) is 127 Å². The van der Waals surface area contributed by atoms with E-state index in [-0.39, 0.29) is 52.8 Å². The minimum absolute atomic E-state index is 0.0121. The van der Waals surface area contributed by atoms with E-state index in [2.05, 4.69) is 26.8 Å². The molecular weight excluding hydrogens is 615 g/mol. The van der Waals surface area contributed by atoms with Gasteiger partial charge in [0.1, 0.15) is 11.0 Å². The minimum atomic E-state index is -4.93. The molecule has 0 radical (unpaired) electrons. The highest BCUT2D eigenvalue weighted by atomic mass is 19.4. The van der Waals surface area contributed by atoms with Crippen molar-refractivity contribution in [2.75, 3.05) is 11.9 Å². The van der Waals surface area contributed by atoms with Crippen molar-refractivity contribution in [3.05, 3.63) is 81.9 Å². The van der Waals surface area contributed by atoms with Crippen LogP contribution in [0.2, 0.25) is 0 Å². The number of nitrogens with zero attached hydrogens (tertiary/aromatic N) is 6. The van der Waals surface area contributed by atoms with Crippen molar-refractivity contribution in [1.29, 1.82) is 0 Å². The van der Waals surface area contributed by atoms with Crippen molar-refractivity contribution in [2.24, 2.45) is 0 Å². The summed E-state index contributed by atoms with van der Waals surface area (Å²) in [6, 6.07) is 8.88. The molecule has 0 saturated heterocycles. The van der Waals surface area contributed by atoms with Gasteiger partial charge in [-0.2, -0.15) is 18.2 Å². The second kappa shape index (κ2) is 10.4. The molecule has 14 heteroatoms. The molecule has 1 aromatic carbocycles. The van der Waals surface area contributed by atoms with Crippen molar-refractivity contribution in [1.82, 2.24) is 29.2 Å². The third kappa shape index (κ3) is 5.14. The van der Waals surface area contributed by atoms with Crippen LogP contribution < -0.4 is 10.9 Å². The number of aryl methyl sites for hydroxylation is 1. The summed E-state index contributed by atoms with van der Waals surface area (Å²) >= 11 is 0. The summed E-state index contributed by atoms with van der Waals surface area (Å²) in [5, 5.41) is 13.9. The average molecular weight is 650 g/mol. The molecule has 0 unspecified atom stereocenters. The number of allylic oxidation sites excluding steroid dienone is 1. The van der Waals surface area contributed by atoms with Gasteiger partial charge in [-0.25, -0.2) is 24.1 Å². The van der Waals surface area contributed by atoms with Crippen LogP contribution in [-0.4, -0.2) is 58.7 Å². The van der Waals surface area contributed by atoms with Gasteiger partial charge in [-0.15, -0.1) is 6.58 Å². The molecule has 2 N–H and O–H groups in total.